The molecule has 0 bridgehead atoms. The van der Waals surface area contributed by atoms with E-state index in [1.165, 1.54) is 6.33 Å². The van der Waals surface area contributed by atoms with Gasteiger partial charge in [-0.2, -0.15) is 4.68 Å². The maximum Gasteiger partial charge on any atom is 0.169 e. The van der Waals surface area contributed by atoms with Gasteiger partial charge in [0.2, 0.25) is 0 Å². The van der Waals surface area contributed by atoms with E-state index in [1.807, 2.05) is 50.2 Å². The summed E-state index contributed by atoms with van der Waals surface area (Å²) < 4.78 is 12.9. The van der Waals surface area contributed by atoms with Crippen molar-refractivity contribution < 1.29 is 9.26 Å². The van der Waals surface area contributed by atoms with E-state index in [4.69, 9.17) is 9.26 Å². The van der Waals surface area contributed by atoms with E-state index in [0.717, 1.165) is 49.9 Å². The Bertz CT molecular complexity index is 1590. The predicted molar refractivity (Wildman–Crippen MR) is 115 cm³/mol. The third-order valence-electron chi connectivity index (χ3n) is 5.54. The van der Waals surface area contributed by atoms with Crippen molar-refractivity contribution in [2.24, 2.45) is 0 Å². The number of aromatic amines is 1. The Morgan fingerprint density at radius 2 is 1.97 bits per heavy atom. The zero-order valence-electron chi connectivity index (χ0n) is 17.0. The van der Waals surface area contributed by atoms with Gasteiger partial charge < -0.3 is 14.2 Å². The molecule has 0 spiro atoms. The second-order valence-electron chi connectivity index (χ2n) is 7.33. The second kappa shape index (κ2) is 6.36. The Balaban J connectivity index is 1.68. The fourth-order valence-corrected chi connectivity index (χ4v) is 4.15. The van der Waals surface area contributed by atoms with Crippen LogP contribution in [0.1, 0.15) is 11.5 Å². The number of methoxy groups -OCH3 is 1. The van der Waals surface area contributed by atoms with Crippen LogP contribution in [-0.2, 0) is 0 Å². The van der Waals surface area contributed by atoms with Crippen molar-refractivity contribution in [2.45, 2.75) is 13.8 Å². The average Bonchev–Trinajstić information content (AvgIpc) is 3.47. The van der Waals surface area contributed by atoms with Gasteiger partial charge in [-0.1, -0.05) is 22.5 Å². The maximum atomic E-state index is 5.75. The van der Waals surface area contributed by atoms with Crippen molar-refractivity contribution in [3.8, 4) is 22.7 Å². The summed E-state index contributed by atoms with van der Waals surface area (Å²) in [6.07, 6.45) is 1.52. The number of rotatable bonds is 3. The van der Waals surface area contributed by atoms with Crippen molar-refractivity contribution in [1.82, 2.24) is 35.1 Å². The number of nitrogens with zero attached hydrogens (tertiary/aromatic N) is 6. The molecule has 0 saturated heterocycles. The first-order chi connectivity index (χ1) is 15.2. The van der Waals surface area contributed by atoms with E-state index in [9.17, 15) is 0 Å². The van der Waals surface area contributed by atoms with Gasteiger partial charge in [0.15, 0.2) is 5.82 Å². The quantitative estimate of drug-likeness (QED) is 0.466. The number of hydrogen-bond acceptors (Lipinski definition) is 7. The van der Waals surface area contributed by atoms with Crippen molar-refractivity contribution >= 4 is 33.0 Å². The molecule has 2 aromatic carbocycles. The smallest absolute Gasteiger partial charge is 0.169 e. The predicted octanol–water partition coefficient (Wildman–Crippen LogP) is 4.13. The summed E-state index contributed by atoms with van der Waals surface area (Å²) in [7, 11) is 1.65. The third kappa shape index (κ3) is 2.46. The maximum absolute atomic E-state index is 5.75. The summed E-state index contributed by atoms with van der Waals surface area (Å²) in [5.41, 5.74) is 5.91. The Labute approximate surface area is 175 Å². The summed E-state index contributed by atoms with van der Waals surface area (Å²) in [4.78, 5) is 12.4. The third-order valence-corrected chi connectivity index (χ3v) is 5.54. The lowest BCUT2D eigenvalue weighted by Gasteiger charge is -2.09. The van der Waals surface area contributed by atoms with Crippen LogP contribution in [0.4, 0.5) is 0 Å². The van der Waals surface area contributed by atoms with E-state index in [1.54, 1.807) is 11.8 Å². The fourth-order valence-electron chi connectivity index (χ4n) is 4.15. The molecular formula is C22H17N7O2. The first-order valence-electron chi connectivity index (χ1n) is 9.74. The molecule has 6 aromatic rings. The van der Waals surface area contributed by atoms with Crippen molar-refractivity contribution in [2.75, 3.05) is 7.11 Å². The van der Waals surface area contributed by atoms with E-state index in [-0.39, 0.29) is 0 Å². The molecule has 4 aromatic heterocycles. The number of para-hydroxylation sites is 1. The summed E-state index contributed by atoms with van der Waals surface area (Å²) in [5.74, 6) is 2.10. The Hall–Kier alpha value is -4.27. The number of aryl methyl sites for hydroxylation is 2. The Morgan fingerprint density at radius 3 is 2.77 bits per heavy atom. The molecule has 0 aliphatic rings. The second-order valence-corrected chi connectivity index (χ2v) is 7.33. The van der Waals surface area contributed by atoms with Gasteiger partial charge >= 0.3 is 0 Å². The Morgan fingerprint density at radius 1 is 1.10 bits per heavy atom. The number of aromatic nitrogens is 7. The Kier molecular flexibility index (Phi) is 3.61. The highest BCUT2D eigenvalue weighted by atomic mass is 16.5. The molecule has 0 radical (unpaired) electrons. The van der Waals surface area contributed by atoms with Crippen molar-refractivity contribution in [1.29, 1.82) is 0 Å². The van der Waals surface area contributed by atoms with E-state index < -0.39 is 0 Å². The lowest BCUT2D eigenvalue weighted by Crippen LogP contribution is -2.01. The normalized spacial score (nSPS) is 11.7. The molecule has 0 unspecified atom stereocenters. The number of ether oxygens (including phenoxy) is 1. The molecule has 0 aliphatic heterocycles. The van der Waals surface area contributed by atoms with Crippen LogP contribution in [0.5, 0.6) is 5.75 Å². The summed E-state index contributed by atoms with van der Waals surface area (Å²) in [6, 6.07) is 11.8. The van der Waals surface area contributed by atoms with E-state index in [2.05, 4.69) is 30.4 Å². The largest absolute Gasteiger partial charge is 0.496 e. The van der Waals surface area contributed by atoms with Crippen LogP contribution in [0.3, 0.4) is 0 Å². The summed E-state index contributed by atoms with van der Waals surface area (Å²) in [6.45, 7) is 3.81. The molecule has 9 nitrogen and oxygen atoms in total. The molecule has 0 aliphatic carbocycles. The first kappa shape index (κ1) is 17.6. The molecule has 4 heterocycles. The molecule has 0 amide bonds. The minimum atomic E-state index is 0.650. The number of H-pyrrole nitrogens is 1. The van der Waals surface area contributed by atoms with Gasteiger partial charge in [-0.15, -0.1) is 5.10 Å². The molecule has 31 heavy (non-hydrogen) atoms. The lowest BCUT2D eigenvalue weighted by molar-refractivity contribution is 0.393. The summed E-state index contributed by atoms with van der Waals surface area (Å²) >= 11 is 0. The standard InChI is InChI=1S/C22H17N7O2/c1-11-19(12(2)31-27-11)14-8-16-13(9-18(14)30-3)20-21(25-16)23-10-24-22(20)29-17-7-5-4-6-15(17)26-28-29/h4-10H,1-3H3,(H,23,24,25). The minimum absolute atomic E-state index is 0.650. The summed E-state index contributed by atoms with van der Waals surface area (Å²) in [5, 5.41) is 14.5. The van der Waals surface area contributed by atoms with Crippen LogP contribution in [-0.4, -0.2) is 42.2 Å². The van der Waals surface area contributed by atoms with Crippen LogP contribution >= 0.6 is 0 Å². The molecule has 0 saturated carbocycles. The molecule has 9 heteroatoms. The number of benzene rings is 2. The average molecular weight is 411 g/mol. The SMILES string of the molecule is COc1cc2c(cc1-c1c(C)noc1C)[nH]c1ncnc(-n3nnc4ccccc43)c12. The van der Waals surface area contributed by atoms with Crippen LogP contribution < -0.4 is 4.74 Å². The lowest BCUT2D eigenvalue weighted by atomic mass is 10.0. The highest BCUT2D eigenvalue weighted by molar-refractivity contribution is 6.11. The van der Waals surface area contributed by atoms with Crippen LogP contribution in [0.2, 0.25) is 0 Å². The van der Waals surface area contributed by atoms with Crippen molar-refractivity contribution in [3.63, 3.8) is 0 Å². The van der Waals surface area contributed by atoms with Crippen LogP contribution in [0.25, 0.3) is 49.9 Å². The van der Waals surface area contributed by atoms with Gasteiger partial charge in [-0.05, 0) is 38.1 Å². The van der Waals surface area contributed by atoms with Gasteiger partial charge in [0.25, 0.3) is 0 Å². The van der Waals surface area contributed by atoms with Crippen LogP contribution in [0, 0.1) is 13.8 Å². The zero-order chi connectivity index (χ0) is 21.1. The van der Waals surface area contributed by atoms with E-state index in [0.29, 0.717) is 17.2 Å². The number of hydrogen-bond donors (Lipinski definition) is 1. The van der Waals surface area contributed by atoms with Gasteiger partial charge in [-0.25, -0.2) is 9.97 Å². The minimum Gasteiger partial charge on any atom is -0.496 e. The van der Waals surface area contributed by atoms with Gasteiger partial charge in [0.1, 0.15) is 29.0 Å². The molecule has 6 rings (SSSR count). The van der Waals surface area contributed by atoms with Gasteiger partial charge in [0, 0.05) is 16.5 Å². The topological polar surface area (TPSA) is 108 Å². The number of nitrogens with one attached hydrogen (secondary N) is 1. The van der Waals surface area contributed by atoms with Crippen LogP contribution in [0.15, 0.2) is 47.2 Å². The highest BCUT2D eigenvalue weighted by Gasteiger charge is 2.21. The first-order valence-corrected chi connectivity index (χ1v) is 9.74. The number of fused-ring (bicyclic) bond motifs is 4. The zero-order valence-corrected chi connectivity index (χ0v) is 17.0. The monoisotopic (exact) mass is 411 g/mol. The molecule has 1 N–H and O–H groups in total. The highest BCUT2D eigenvalue weighted by Crippen LogP contribution is 2.40. The molecule has 0 atom stereocenters. The van der Waals surface area contributed by atoms with Gasteiger partial charge in [0.05, 0.1) is 29.3 Å². The van der Waals surface area contributed by atoms with E-state index >= 15 is 0 Å². The molecule has 0 fully saturated rings. The fraction of sp³-hybridized carbons (Fsp3) is 0.136. The van der Waals surface area contributed by atoms with Gasteiger partial charge in [-0.3, -0.25) is 0 Å². The van der Waals surface area contributed by atoms with Crippen molar-refractivity contribution in [3.05, 3.63) is 54.2 Å². The molecular weight excluding hydrogens is 394 g/mol. The molecule has 152 valence electrons.